The first-order valence-electron chi connectivity index (χ1n) is 10.5. The van der Waals surface area contributed by atoms with Crippen molar-refractivity contribution in [3.63, 3.8) is 0 Å². The fraction of sp³-hybridized carbons (Fsp3) is 0.200. The van der Waals surface area contributed by atoms with Gasteiger partial charge in [-0.05, 0) is 49.2 Å². The second kappa shape index (κ2) is 11.0. The summed E-state index contributed by atoms with van der Waals surface area (Å²) in [6.07, 6.45) is 1.40. The smallest absolute Gasteiger partial charge is 0.321 e. The molecular weight excluding hydrogens is 459 g/mol. The second-order valence-corrected chi connectivity index (χ2v) is 9.31. The monoisotopic (exact) mass is 484 g/mol. The average molecular weight is 485 g/mol. The van der Waals surface area contributed by atoms with Crippen molar-refractivity contribution in [3.05, 3.63) is 100.0 Å². The zero-order valence-electron chi connectivity index (χ0n) is 18.8. The number of aryl methyl sites for hydroxylation is 1. The van der Waals surface area contributed by atoms with E-state index in [1.165, 1.54) is 18.2 Å². The molecule has 34 heavy (non-hydrogen) atoms. The Labute approximate surface area is 197 Å². The van der Waals surface area contributed by atoms with Crippen LogP contribution in [0.5, 0.6) is 0 Å². The van der Waals surface area contributed by atoms with E-state index < -0.39 is 34.9 Å². The van der Waals surface area contributed by atoms with Crippen molar-refractivity contribution in [1.29, 1.82) is 0 Å². The maximum atomic E-state index is 13.1. The summed E-state index contributed by atoms with van der Waals surface area (Å²) in [6, 6.07) is 16.6. The standard InChI is InChI=1S/C25H25FN2O5S/c1-18-14-23(19(2)28(18)16-21-8-10-22(26)11-9-21)24(29)17-33-25(30)15-27-34(31,32)13-12-20-6-4-3-5-7-20/h3-14,27H,15-17H2,1-2H3/b13-12+. The number of rotatable bonds is 10. The van der Waals surface area contributed by atoms with Gasteiger partial charge in [0.05, 0.1) is 0 Å². The molecule has 1 aromatic heterocycles. The van der Waals surface area contributed by atoms with Crippen molar-refractivity contribution in [2.45, 2.75) is 20.4 Å². The minimum absolute atomic E-state index is 0.322. The number of ether oxygens (including phenoxy) is 1. The fourth-order valence-electron chi connectivity index (χ4n) is 3.31. The highest BCUT2D eigenvalue weighted by Crippen LogP contribution is 2.18. The molecule has 0 radical (unpaired) electrons. The van der Waals surface area contributed by atoms with Gasteiger partial charge in [0.25, 0.3) is 0 Å². The van der Waals surface area contributed by atoms with Gasteiger partial charge in [0.2, 0.25) is 15.8 Å². The fourth-order valence-corrected chi connectivity index (χ4v) is 4.07. The van der Waals surface area contributed by atoms with Crippen LogP contribution in [0, 0.1) is 19.7 Å². The van der Waals surface area contributed by atoms with Crippen LogP contribution in [0.4, 0.5) is 4.39 Å². The molecule has 0 saturated carbocycles. The van der Waals surface area contributed by atoms with Crippen molar-refractivity contribution >= 4 is 27.9 Å². The number of carbonyl (C=O) groups is 2. The molecule has 0 aliphatic rings. The highest BCUT2D eigenvalue weighted by atomic mass is 32.2. The van der Waals surface area contributed by atoms with Gasteiger partial charge in [0.15, 0.2) is 6.61 Å². The van der Waals surface area contributed by atoms with E-state index in [0.29, 0.717) is 23.4 Å². The molecule has 7 nitrogen and oxygen atoms in total. The Balaban J connectivity index is 1.53. The molecule has 0 fully saturated rings. The van der Waals surface area contributed by atoms with Gasteiger partial charge in [0.1, 0.15) is 12.4 Å². The highest BCUT2D eigenvalue weighted by Gasteiger charge is 2.18. The molecule has 3 rings (SSSR count). The first-order chi connectivity index (χ1) is 16.1. The molecule has 0 bridgehead atoms. The summed E-state index contributed by atoms with van der Waals surface area (Å²) in [7, 11) is -3.85. The number of aromatic nitrogens is 1. The first kappa shape index (κ1) is 25.1. The van der Waals surface area contributed by atoms with Crippen LogP contribution in [0.1, 0.15) is 32.9 Å². The lowest BCUT2D eigenvalue weighted by Gasteiger charge is -2.10. The average Bonchev–Trinajstić information content (AvgIpc) is 3.10. The molecule has 0 aliphatic heterocycles. The van der Waals surface area contributed by atoms with E-state index in [1.807, 2.05) is 17.6 Å². The number of ketones is 1. The lowest BCUT2D eigenvalue weighted by atomic mass is 10.1. The van der Waals surface area contributed by atoms with Gasteiger partial charge in [-0.25, -0.2) is 17.5 Å². The summed E-state index contributed by atoms with van der Waals surface area (Å²) < 4.78 is 46.2. The van der Waals surface area contributed by atoms with E-state index in [1.54, 1.807) is 49.4 Å². The normalized spacial score (nSPS) is 11.6. The quantitative estimate of drug-likeness (QED) is 0.351. The van der Waals surface area contributed by atoms with Crippen molar-refractivity contribution in [2.24, 2.45) is 0 Å². The summed E-state index contributed by atoms with van der Waals surface area (Å²) in [5.74, 6) is -1.60. The molecule has 2 aromatic carbocycles. The molecule has 0 saturated heterocycles. The van der Waals surface area contributed by atoms with Crippen molar-refractivity contribution < 1.29 is 27.1 Å². The summed E-state index contributed by atoms with van der Waals surface area (Å²) in [5, 5.41) is 0.955. The number of benzene rings is 2. The van der Waals surface area contributed by atoms with Crippen LogP contribution in [-0.4, -0.2) is 37.9 Å². The lowest BCUT2D eigenvalue weighted by Crippen LogP contribution is -2.30. The molecule has 9 heteroatoms. The number of nitrogens with zero attached hydrogens (tertiary/aromatic N) is 1. The molecule has 0 amide bonds. The summed E-state index contributed by atoms with van der Waals surface area (Å²) in [5.41, 5.74) is 3.49. The largest absolute Gasteiger partial charge is 0.456 e. The molecule has 0 spiro atoms. The van der Waals surface area contributed by atoms with Crippen LogP contribution in [0.3, 0.4) is 0 Å². The van der Waals surface area contributed by atoms with E-state index in [9.17, 15) is 22.4 Å². The van der Waals surface area contributed by atoms with E-state index in [-0.39, 0.29) is 5.82 Å². The van der Waals surface area contributed by atoms with Crippen molar-refractivity contribution in [1.82, 2.24) is 9.29 Å². The van der Waals surface area contributed by atoms with Crippen LogP contribution >= 0.6 is 0 Å². The van der Waals surface area contributed by atoms with E-state index >= 15 is 0 Å². The third-order valence-corrected chi connectivity index (χ3v) is 6.19. The molecule has 1 N–H and O–H groups in total. The van der Waals surface area contributed by atoms with Gasteiger partial charge in [-0.15, -0.1) is 0 Å². The number of halogens is 1. The third kappa shape index (κ3) is 6.97. The first-order valence-corrected chi connectivity index (χ1v) is 12.0. The van der Waals surface area contributed by atoms with Crippen molar-refractivity contribution in [2.75, 3.05) is 13.2 Å². The van der Waals surface area contributed by atoms with Gasteiger partial charge in [-0.1, -0.05) is 42.5 Å². The molecule has 1 heterocycles. The predicted molar refractivity (Wildman–Crippen MR) is 127 cm³/mol. The Morgan fingerprint density at radius 3 is 2.41 bits per heavy atom. The van der Waals surface area contributed by atoms with Crippen molar-refractivity contribution in [3.8, 4) is 0 Å². The van der Waals surface area contributed by atoms with Crippen LogP contribution in [0.2, 0.25) is 0 Å². The number of sulfonamides is 1. The Kier molecular flexibility index (Phi) is 8.14. The molecule has 0 aliphatic carbocycles. The number of nitrogens with one attached hydrogen (secondary N) is 1. The van der Waals surface area contributed by atoms with Gasteiger partial charge in [-0.3, -0.25) is 9.59 Å². The van der Waals surface area contributed by atoms with Crippen LogP contribution in [0.15, 0.2) is 66.1 Å². The number of esters is 1. The Bertz CT molecular complexity index is 1300. The minimum atomic E-state index is -3.85. The zero-order chi connectivity index (χ0) is 24.7. The van der Waals surface area contributed by atoms with Crippen LogP contribution in [-0.2, 0) is 26.1 Å². The SMILES string of the molecule is Cc1cc(C(=O)COC(=O)CNS(=O)(=O)/C=C/c2ccccc2)c(C)n1Cc1ccc(F)cc1. The van der Waals surface area contributed by atoms with Crippen LogP contribution < -0.4 is 4.72 Å². The molecule has 0 unspecified atom stereocenters. The topological polar surface area (TPSA) is 94.5 Å². The number of carbonyl (C=O) groups excluding carboxylic acids is 2. The summed E-state index contributed by atoms with van der Waals surface area (Å²) in [6.45, 7) is 2.97. The number of Topliss-reactive ketones (excluding diaryl/α,β-unsaturated/α-hetero) is 1. The lowest BCUT2D eigenvalue weighted by molar-refractivity contribution is -0.141. The number of hydrogen-bond acceptors (Lipinski definition) is 5. The summed E-state index contributed by atoms with van der Waals surface area (Å²) >= 11 is 0. The minimum Gasteiger partial charge on any atom is -0.456 e. The Hall–Kier alpha value is -3.56. The van der Waals surface area contributed by atoms with Gasteiger partial charge < -0.3 is 9.30 Å². The highest BCUT2D eigenvalue weighted by molar-refractivity contribution is 7.92. The maximum Gasteiger partial charge on any atom is 0.321 e. The molecule has 0 atom stereocenters. The number of hydrogen-bond donors (Lipinski definition) is 1. The second-order valence-electron chi connectivity index (χ2n) is 7.66. The Morgan fingerprint density at radius 1 is 1.06 bits per heavy atom. The third-order valence-electron chi connectivity index (χ3n) is 5.15. The molecule has 178 valence electrons. The van der Waals surface area contributed by atoms with Gasteiger partial charge in [0, 0.05) is 28.9 Å². The van der Waals surface area contributed by atoms with E-state index in [2.05, 4.69) is 4.72 Å². The van der Waals surface area contributed by atoms with E-state index in [4.69, 9.17) is 4.74 Å². The van der Waals surface area contributed by atoms with Crippen LogP contribution in [0.25, 0.3) is 6.08 Å². The summed E-state index contributed by atoms with van der Waals surface area (Å²) in [4.78, 5) is 24.6. The molecular formula is C25H25FN2O5S. The maximum absolute atomic E-state index is 13.1. The van der Waals surface area contributed by atoms with Gasteiger partial charge in [-0.2, -0.15) is 0 Å². The van der Waals surface area contributed by atoms with E-state index in [0.717, 1.165) is 16.7 Å². The predicted octanol–water partition coefficient (Wildman–Crippen LogP) is 3.61. The zero-order valence-corrected chi connectivity index (χ0v) is 19.6. The van der Waals surface area contributed by atoms with Gasteiger partial charge >= 0.3 is 5.97 Å². The molecule has 3 aromatic rings. The Morgan fingerprint density at radius 2 is 1.74 bits per heavy atom.